The SMILES string of the molecule is C/C1=C/COC(=O)CC/C(C)=C/CC1. The molecule has 0 fully saturated rings. The summed E-state index contributed by atoms with van der Waals surface area (Å²) in [5.74, 6) is -0.0938. The molecule has 1 aliphatic rings. The molecule has 0 radical (unpaired) electrons. The quantitative estimate of drug-likeness (QED) is 0.437. The Morgan fingerprint density at radius 1 is 1.07 bits per heavy atom. The van der Waals surface area contributed by atoms with Crippen molar-refractivity contribution in [2.24, 2.45) is 0 Å². The molecule has 1 rings (SSSR count). The van der Waals surface area contributed by atoms with Gasteiger partial charge in [-0.15, -0.1) is 0 Å². The molecule has 0 atom stereocenters. The third-order valence-corrected chi connectivity index (χ3v) is 2.43. The van der Waals surface area contributed by atoms with Gasteiger partial charge in [-0.3, -0.25) is 4.79 Å². The summed E-state index contributed by atoms with van der Waals surface area (Å²) in [7, 11) is 0. The van der Waals surface area contributed by atoms with Gasteiger partial charge in [-0.05, 0) is 39.2 Å². The summed E-state index contributed by atoms with van der Waals surface area (Å²) < 4.78 is 5.05. The highest BCUT2D eigenvalue weighted by Crippen LogP contribution is 2.12. The molecular weight excluding hydrogens is 176 g/mol. The average molecular weight is 194 g/mol. The molecule has 2 nitrogen and oxygen atoms in total. The molecule has 0 aromatic rings. The van der Waals surface area contributed by atoms with Crippen LogP contribution in [-0.2, 0) is 9.53 Å². The largest absolute Gasteiger partial charge is 0.461 e. The van der Waals surface area contributed by atoms with Crippen molar-refractivity contribution in [3.63, 3.8) is 0 Å². The van der Waals surface area contributed by atoms with Crippen LogP contribution in [0.15, 0.2) is 23.3 Å². The first-order chi connectivity index (χ1) is 6.68. The van der Waals surface area contributed by atoms with Gasteiger partial charge in [0.05, 0.1) is 0 Å². The maximum atomic E-state index is 11.2. The molecule has 0 amide bonds. The van der Waals surface area contributed by atoms with Gasteiger partial charge < -0.3 is 4.74 Å². The molecule has 78 valence electrons. The van der Waals surface area contributed by atoms with Crippen LogP contribution in [0.4, 0.5) is 0 Å². The maximum absolute atomic E-state index is 11.2. The lowest BCUT2D eigenvalue weighted by atomic mass is 10.1. The Morgan fingerprint density at radius 2 is 1.79 bits per heavy atom. The normalized spacial score (nSPS) is 27.7. The van der Waals surface area contributed by atoms with Gasteiger partial charge in [0.1, 0.15) is 6.61 Å². The molecule has 0 unspecified atom stereocenters. The monoisotopic (exact) mass is 194 g/mol. The van der Waals surface area contributed by atoms with Crippen molar-refractivity contribution in [3.8, 4) is 0 Å². The number of ether oxygens (including phenoxy) is 1. The summed E-state index contributed by atoms with van der Waals surface area (Å²) in [5, 5.41) is 0. The van der Waals surface area contributed by atoms with Crippen LogP contribution < -0.4 is 0 Å². The molecule has 2 heteroatoms. The van der Waals surface area contributed by atoms with Crippen molar-refractivity contribution in [3.05, 3.63) is 23.3 Å². The Morgan fingerprint density at radius 3 is 2.57 bits per heavy atom. The van der Waals surface area contributed by atoms with Crippen LogP contribution in [0.25, 0.3) is 0 Å². The van der Waals surface area contributed by atoms with Crippen LogP contribution in [0.3, 0.4) is 0 Å². The summed E-state index contributed by atoms with van der Waals surface area (Å²) in [4.78, 5) is 11.2. The first kappa shape index (κ1) is 11.0. The van der Waals surface area contributed by atoms with E-state index in [2.05, 4.69) is 19.9 Å². The highest BCUT2D eigenvalue weighted by atomic mass is 16.5. The molecule has 0 bridgehead atoms. The number of rotatable bonds is 0. The third-order valence-electron chi connectivity index (χ3n) is 2.43. The molecule has 0 spiro atoms. The predicted molar refractivity (Wildman–Crippen MR) is 56.9 cm³/mol. The van der Waals surface area contributed by atoms with Crippen LogP contribution in [0.2, 0.25) is 0 Å². The van der Waals surface area contributed by atoms with Gasteiger partial charge in [-0.2, -0.15) is 0 Å². The van der Waals surface area contributed by atoms with E-state index in [1.54, 1.807) is 0 Å². The van der Waals surface area contributed by atoms with Gasteiger partial charge in [0.15, 0.2) is 0 Å². The molecule has 0 aromatic heterocycles. The number of carbonyl (C=O) groups is 1. The fraction of sp³-hybridized carbons (Fsp3) is 0.583. The predicted octanol–water partition coefficient (Wildman–Crippen LogP) is 3.00. The van der Waals surface area contributed by atoms with Crippen LogP contribution in [-0.4, -0.2) is 12.6 Å². The van der Waals surface area contributed by atoms with E-state index >= 15 is 0 Å². The number of carbonyl (C=O) groups excluding carboxylic acids is 1. The minimum Gasteiger partial charge on any atom is -0.461 e. The molecule has 1 aliphatic heterocycles. The molecule has 0 saturated heterocycles. The minimum atomic E-state index is -0.0938. The zero-order chi connectivity index (χ0) is 10.4. The number of cyclic esters (lactones) is 1. The number of esters is 1. The molecule has 0 aliphatic carbocycles. The topological polar surface area (TPSA) is 26.3 Å². The summed E-state index contributed by atoms with van der Waals surface area (Å²) in [6, 6.07) is 0. The van der Waals surface area contributed by atoms with Crippen molar-refractivity contribution in [1.82, 2.24) is 0 Å². The first-order valence-corrected chi connectivity index (χ1v) is 5.15. The lowest BCUT2D eigenvalue weighted by molar-refractivity contribution is -0.142. The fourth-order valence-electron chi connectivity index (χ4n) is 1.40. The Bertz CT molecular complexity index is 261. The number of hydrogen-bond donors (Lipinski definition) is 0. The average Bonchev–Trinajstić information content (AvgIpc) is 2.16. The van der Waals surface area contributed by atoms with Crippen molar-refractivity contribution >= 4 is 5.97 Å². The molecule has 0 saturated carbocycles. The summed E-state index contributed by atoms with van der Waals surface area (Å²) in [5.41, 5.74) is 2.58. The van der Waals surface area contributed by atoms with Crippen molar-refractivity contribution < 1.29 is 9.53 Å². The lowest BCUT2D eigenvalue weighted by Gasteiger charge is -2.01. The van der Waals surface area contributed by atoms with Gasteiger partial charge in [-0.25, -0.2) is 0 Å². The molecule has 0 aromatic carbocycles. The van der Waals surface area contributed by atoms with Gasteiger partial charge in [0, 0.05) is 6.42 Å². The zero-order valence-corrected chi connectivity index (χ0v) is 9.01. The number of allylic oxidation sites excluding steroid dienone is 3. The van der Waals surface area contributed by atoms with E-state index in [1.165, 1.54) is 11.1 Å². The smallest absolute Gasteiger partial charge is 0.306 e. The Balaban J connectivity index is 2.58. The summed E-state index contributed by atoms with van der Waals surface area (Å²) in [6.07, 6.45) is 7.69. The van der Waals surface area contributed by atoms with E-state index in [9.17, 15) is 4.79 Å². The highest BCUT2D eigenvalue weighted by molar-refractivity contribution is 5.69. The van der Waals surface area contributed by atoms with Gasteiger partial charge in [0.2, 0.25) is 0 Å². The van der Waals surface area contributed by atoms with Crippen molar-refractivity contribution in [2.75, 3.05) is 6.61 Å². The van der Waals surface area contributed by atoms with Crippen LogP contribution in [0, 0.1) is 0 Å². The standard InChI is InChI=1S/C12H18O2/c1-10-4-3-5-11(2)8-9-14-12(13)7-6-10/h4,8H,3,5-7,9H2,1-2H3/b10-4+,11-8-. The van der Waals surface area contributed by atoms with E-state index < -0.39 is 0 Å². The fourth-order valence-corrected chi connectivity index (χ4v) is 1.40. The van der Waals surface area contributed by atoms with Crippen LogP contribution in [0.5, 0.6) is 0 Å². The van der Waals surface area contributed by atoms with Gasteiger partial charge in [0.25, 0.3) is 0 Å². The van der Waals surface area contributed by atoms with Gasteiger partial charge >= 0.3 is 5.97 Å². The second-order valence-electron chi connectivity index (χ2n) is 3.82. The summed E-state index contributed by atoms with van der Waals surface area (Å²) >= 11 is 0. The lowest BCUT2D eigenvalue weighted by Crippen LogP contribution is -2.04. The molecule has 1 heterocycles. The molecular formula is C12H18O2. The van der Waals surface area contributed by atoms with Crippen molar-refractivity contribution in [1.29, 1.82) is 0 Å². The third kappa shape index (κ3) is 4.26. The minimum absolute atomic E-state index is 0.0938. The van der Waals surface area contributed by atoms with E-state index in [1.807, 2.05) is 6.08 Å². The highest BCUT2D eigenvalue weighted by Gasteiger charge is 2.03. The Hall–Kier alpha value is -1.05. The first-order valence-electron chi connectivity index (χ1n) is 5.15. The summed E-state index contributed by atoms with van der Waals surface area (Å²) in [6.45, 7) is 4.59. The maximum Gasteiger partial charge on any atom is 0.306 e. The Labute approximate surface area is 85.6 Å². The van der Waals surface area contributed by atoms with E-state index in [-0.39, 0.29) is 5.97 Å². The Kier molecular flexibility index (Phi) is 4.44. The van der Waals surface area contributed by atoms with E-state index in [4.69, 9.17) is 4.74 Å². The zero-order valence-electron chi connectivity index (χ0n) is 9.01. The van der Waals surface area contributed by atoms with Crippen molar-refractivity contribution in [2.45, 2.75) is 39.5 Å². The second kappa shape index (κ2) is 5.63. The molecule has 0 N–H and O–H groups in total. The van der Waals surface area contributed by atoms with Crippen LogP contribution >= 0.6 is 0 Å². The molecule has 14 heavy (non-hydrogen) atoms. The van der Waals surface area contributed by atoms with E-state index in [0.717, 1.165) is 19.3 Å². The second-order valence-corrected chi connectivity index (χ2v) is 3.82. The van der Waals surface area contributed by atoms with Gasteiger partial charge in [-0.1, -0.05) is 17.2 Å². The van der Waals surface area contributed by atoms with Crippen LogP contribution in [0.1, 0.15) is 39.5 Å². The van der Waals surface area contributed by atoms with E-state index in [0.29, 0.717) is 13.0 Å². The number of hydrogen-bond acceptors (Lipinski definition) is 2.